The van der Waals surface area contributed by atoms with E-state index >= 15 is 0 Å². The second-order valence-electron chi connectivity index (χ2n) is 6.40. The van der Waals surface area contributed by atoms with E-state index in [-0.39, 0.29) is 5.75 Å². The van der Waals surface area contributed by atoms with Crippen molar-refractivity contribution in [3.8, 4) is 0 Å². The van der Waals surface area contributed by atoms with Gasteiger partial charge in [-0.05, 0) is 42.7 Å². The number of carbonyl (C=O) groups is 2. The van der Waals surface area contributed by atoms with E-state index in [0.717, 1.165) is 0 Å². The molecule has 2 aromatic carbocycles. The van der Waals surface area contributed by atoms with E-state index in [0.29, 0.717) is 35.3 Å². The van der Waals surface area contributed by atoms with E-state index in [2.05, 4.69) is 5.32 Å². The minimum absolute atomic E-state index is 0.117. The van der Waals surface area contributed by atoms with Crippen molar-refractivity contribution in [1.29, 1.82) is 0 Å². The summed E-state index contributed by atoms with van der Waals surface area (Å²) < 4.78 is 25.4. The van der Waals surface area contributed by atoms with Gasteiger partial charge >= 0.3 is 5.97 Å². The Labute approximate surface area is 157 Å². The maximum atomic E-state index is 12.6. The van der Waals surface area contributed by atoms with Crippen molar-refractivity contribution in [2.24, 2.45) is 0 Å². The van der Waals surface area contributed by atoms with Crippen molar-refractivity contribution in [1.82, 2.24) is 5.32 Å². The van der Waals surface area contributed by atoms with E-state index in [1.807, 2.05) is 0 Å². The molecule has 0 bridgehead atoms. The summed E-state index contributed by atoms with van der Waals surface area (Å²) in [6.45, 7) is 2.11. The summed E-state index contributed by atoms with van der Waals surface area (Å²) in [6.07, 6.45) is 0.570. The number of nitrogens with one attached hydrogen (secondary N) is 1. The first-order valence-corrected chi connectivity index (χ1v) is 10.1. The highest BCUT2D eigenvalue weighted by molar-refractivity contribution is 7.93. The summed E-state index contributed by atoms with van der Waals surface area (Å²) in [5.41, 5.74) is 1.86. The highest BCUT2D eigenvalue weighted by Gasteiger charge is 2.29. The van der Waals surface area contributed by atoms with Gasteiger partial charge in [-0.25, -0.2) is 13.2 Å². The smallest absolute Gasteiger partial charge is 0.330 e. The Morgan fingerprint density at radius 1 is 1.15 bits per heavy atom. The molecule has 3 rings (SSSR count). The number of aliphatic carboxylic acids is 1. The van der Waals surface area contributed by atoms with E-state index in [9.17, 15) is 23.1 Å². The van der Waals surface area contributed by atoms with Gasteiger partial charge in [0.2, 0.25) is 10.0 Å². The van der Waals surface area contributed by atoms with Crippen molar-refractivity contribution in [3.63, 3.8) is 0 Å². The molecule has 0 aromatic heterocycles. The van der Waals surface area contributed by atoms with Crippen LogP contribution in [0.4, 0.5) is 5.69 Å². The van der Waals surface area contributed by atoms with Crippen LogP contribution in [0.25, 0.3) is 0 Å². The quantitative estimate of drug-likeness (QED) is 0.816. The molecule has 8 heteroatoms. The lowest BCUT2D eigenvalue weighted by atomic mass is 10.0. The maximum absolute atomic E-state index is 12.6. The second kappa shape index (κ2) is 7.40. The number of amides is 1. The van der Waals surface area contributed by atoms with Crippen molar-refractivity contribution < 1.29 is 23.1 Å². The molecule has 27 heavy (non-hydrogen) atoms. The number of nitrogens with zero attached hydrogens (tertiary/aromatic N) is 1. The number of carbonyl (C=O) groups excluding carboxylic acids is 1. The molecule has 142 valence electrons. The topological polar surface area (TPSA) is 104 Å². The maximum Gasteiger partial charge on any atom is 0.330 e. The van der Waals surface area contributed by atoms with Crippen LogP contribution < -0.4 is 9.62 Å². The fourth-order valence-corrected chi connectivity index (χ4v) is 4.69. The molecule has 0 saturated carbocycles. The summed E-state index contributed by atoms with van der Waals surface area (Å²) in [6, 6.07) is 12.0. The van der Waals surface area contributed by atoms with Gasteiger partial charge in [0, 0.05) is 12.1 Å². The zero-order valence-electron chi connectivity index (χ0n) is 14.8. The predicted molar refractivity (Wildman–Crippen MR) is 101 cm³/mol. The van der Waals surface area contributed by atoms with Crippen molar-refractivity contribution in [3.05, 3.63) is 65.2 Å². The molecule has 0 spiro atoms. The van der Waals surface area contributed by atoms with E-state index in [1.54, 1.807) is 49.4 Å². The Balaban J connectivity index is 1.83. The Hall–Kier alpha value is -2.87. The largest absolute Gasteiger partial charge is 0.479 e. The van der Waals surface area contributed by atoms with Crippen LogP contribution in [0.5, 0.6) is 0 Å². The van der Waals surface area contributed by atoms with E-state index < -0.39 is 27.9 Å². The molecule has 0 aliphatic carbocycles. The number of benzene rings is 2. The molecule has 7 nitrogen and oxygen atoms in total. The van der Waals surface area contributed by atoms with Crippen LogP contribution in [-0.2, 0) is 14.8 Å². The molecule has 1 atom stereocenters. The molecule has 1 amide bonds. The van der Waals surface area contributed by atoms with Crippen LogP contribution in [0.15, 0.2) is 48.5 Å². The van der Waals surface area contributed by atoms with Gasteiger partial charge in [-0.2, -0.15) is 0 Å². The van der Waals surface area contributed by atoms with Crippen LogP contribution in [0.2, 0.25) is 0 Å². The number of sulfonamides is 1. The van der Waals surface area contributed by atoms with E-state index in [4.69, 9.17) is 0 Å². The molecule has 1 fully saturated rings. The summed E-state index contributed by atoms with van der Waals surface area (Å²) in [4.78, 5) is 24.2. The SMILES string of the molecule is Cc1cc(N2CCCS2(=O)=O)ccc1C(=O)N[C@H](C(=O)O)c1ccccc1. The highest BCUT2D eigenvalue weighted by atomic mass is 32.2. The fourth-order valence-electron chi connectivity index (χ4n) is 3.13. The summed E-state index contributed by atoms with van der Waals surface area (Å²) >= 11 is 0. The average molecular weight is 388 g/mol. The lowest BCUT2D eigenvalue weighted by molar-refractivity contribution is -0.139. The molecule has 0 unspecified atom stereocenters. The average Bonchev–Trinajstić information content (AvgIpc) is 2.99. The number of hydrogen-bond acceptors (Lipinski definition) is 4. The molecule has 1 heterocycles. The fraction of sp³-hybridized carbons (Fsp3) is 0.263. The Bertz CT molecular complexity index is 973. The number of rotatable bonds is 5. The molecular formula is C19H20N2O5S. The molecular weight excluding hydrogens is 368 g/mol. The molecule has 2 N–H and O–H groups in total. The third-order valence-corrected chi connectivity index (χ3v) is 6.37. The van der Waals surface area contributed by atoms with Crippen LogP contribution >= 0.6 is 0 Å². The summed E-state index contributed by atoms with van der Waals surface area (Å²) in [7, 11) is -3.30. The third-order valence-electron chi connectivity index (χ3n) is 4.50. The Morgan fingerprint density at radius 2 is 1.85 bits per heavy atom. The number of anilines is 1. The van der Waals surface area contributed by atoms with Gasteiger partial charge in [0.25, 0.3) is 5.91 Å². The van der Waals surface area contributed by atoms with Gasteiger partial charge < -0.3 is 10.4 Å². The summed E-state index contributed by atoms with van der Waals surface area (Å²) in [5, 5.41) is 12.0. The Kier molecular flexibility index (Phi) is 5.18. The van der Waals surface area contributed by atoms with Gasteiger partial charge in [0.05, 0.1) is 11.4 Å². The molecule has 2 aromatic rings. The second-order valence-corrected chi connectivity index (χ2v) is 8.41. The zero-order chi connectivity index (χ0) is 19.6. The predicted octanol–water partition coefficient (Wildman–Crippen LogP) is 2.09. The minimum atomic E-state index is -3.30. The van der Waals surface area contributed by atoms with Crippen LogP contribution in [0, 0.1) is 6.92 Å². The summed E-state index contributed by atoms with van der Waals surface area (Å²) in [5.74, 6) is -1.57. The highest BCUT2D eigenvalue weighted by Crippen LogP contribution is 2.26. The standard InChI is InChI=1S/C19H20N2O5S/c1-13-12-15(21-10-5-11-27(21,25)26)8-9-16(13)18(22)20-17(19(23)24)14-6-3-2-4-7-14/h2-4,6-9,12,17H,5,10-11H2,1H3,(H,20,22)(H,23,24)/t17-/m0/s1. The number of carboxylic acid groups (broad SMARTS) is 1. The lowest BCUT2D eigenvalue weighted by Crippen LogP contribution is -2.34. The monoisotopic (exact) mass is 388 g/mol. The molecule has 1 aliphatic rings. The van der Waals surface area contributed by atoms with Gasteiger partial charge in [0.15, 0.2) is 6.04 Å². The first-order valence-electron chi connectivity index (χ1n) is 8.49. The van der Waals surface area contributed by atoms with Crippen molar-refractivity contribution >= 4 is 27.6 Å². The van der Waals surface area contributed by atoms with Gasteiger partial charge in [-0.3, -0.25) is 9.10 Å². The molecule has 1 saturated heterocycles. The van der Waals surface area contributed by atoms with Gasteiger partial charge in [-0.15, -0.1) is 0 Å². The van der Waals surface area contributed by atoms with Crippen LogP contribution in [0.1, 0.15) is 33.9 Å². The lowest BCUT2D eigenvalue weighted by Gasteiger charge is -2.19. The zero-order valence-corrected chi connectivity index (χ0v) is 15.6. The van der Waals surface area contributed by atoms with Crippen LogP contribution in [0.3, 0.4) is 0 Å². The first kappa shape index (κ1) is 18.9. The first-order chi connectivity index (χ1) is 12.8. The normalized spacial score (nSPS) is 16.7. The van der Waals surface area contributed by atoms with Crippen molar-refractivity contribution in [2.75, 3.05) is 16.6 Å². The number of carboxylic acids is 1. The molecule has 1 aliphatic heterocycles. The van der Waals surface area contributed by atoms with Gasteiger partial charge in [0.1, 0.15) is 0 Å². The third kappa shape index (κ3) is 3.95. The van der Waals surface area contributed by atoms with Gasteiger partial charge in [-0.1, -0.05) is 30.3 Å². The number of hydrogen-bond donors (Lipinski definition) is 2. The van der Waals surface area contributed by atoms with Crippen molar-refractivity contribution in [2.45, 2.75) is 19.4 Å². The minimum Gasteiger partial charge on any atom is -0.479 e. The van der Waals surface area contributed by atoms with Crippen LogP contribution in [-0.4, -0.2) is 37.7 Å². The van der Waals surface area contributed by atoms with E-state index in [1.165, 1.54) is 10.4 Å². The number of aryl methyl sites for hydroxylation is 1. The molecule has 0 radical (unpaired) electrons. The Morgan fingerprint density at radius 3 is 2.41 bits per heavy atom.